The molecule has 1 fully saturated rings. The summed E-state index contributed by atoms with van der Waals surface area (Å²) in [6.45, 7) is 4.80. The Morgan fingerprint density at radius 2 is 2.38 bits per heavy atom. The predicted molar refractivity (Wildman–Crippen MR) is 66.3 cm³/mol. The van der Waals surface area contributed by atoms with Gasteiger partial charge < -0.3 is 15.8 Å². The number of nitrogens with one attached hydrogen (secondary N) is 1. The zero-order valence-corrected chi connectivity index (χ0v) is 9.83. The predicted octanol–water partition coefficient (Wildman–Crippen LogP) is 1.85. The van der Waals surface area contributed by atoms with Crippen LogP contribution in [0.1, 0.15) is 24.0 Å². The summed E-state index contributed by atoms with van der Waals surface area (Å²) in [6.07, 6.45) is 2.80. The van der Waals surface area contributed by atoms with Gasteiger partial charge in [-0.05, 0) is 37.0 Å². The number of anilines is 1. The van der Waals surface area contributed by atoms with E-state index >= 15 is 0 Å². The Morgan fingerprint density at radius 3 is 3.06 bits per heavy atom. The number of ether oxygens (including phenoxy) is 1. The van der Waals surface area contributed by atoms with Gasteiger partial charge in [-0.25, -0.2) is 0 Å². The average molecular weight is 220 g/mol. The van der Waals surface area contributed by atoms with Crippen molar-refractivity contribution in [2.75, 3.05) is 18.9 Å². The maximum absolute atomic E-state index is 5.78. The molecular weight excluding hydrogens is 200 g/mol. The molecule has 0 saturated carbocycles. The molecule has 1 aromatic rings. The van der Waals surface area contributed by atoms with Crippen molar-refractivity contribution in [3.8, 4) is 0 Å². The van der Waals surface area contributed by atoms with Crippen LogP contribution in [0.25, 0.3) is 0 Å². The summed E-state index contributed by atoms with van der Waals surface area (Å²) < 4.78 is 5.55. The van der Waals surface area contributed by atoms with Crippen molar-refractivity contribution in [1.82, 2.24) is 5.32 Å². The SMILES string of the molecule is Cc1cc(CNCC2CCCO2)ccc1N. The zero-order valence-electron chi connectivity index (χ0n) is 9.83. The van der Waals surface area contributed by atoms with E-state index in [0.717, 1.165) is 30.9 Å². The Balaban J connectivity index is 1.78. The van der Waals surface area contributed by atoms with Gasteiger partial charge in [0.1, 0.15) is 0 Å². The van der Waals surface area contributed by atoms with Gasteiger partial charge in [0.2, 0.25) is 0 Å². The molecule has 88 valence electrons. The largest absolute Gasteiger partial charge is 0.399 e. The van der Waals surface area contributed by atoms with Gasteiger partial charge >= 0.3 is 0 Å². The van der Waals surface area contributed by atoms with Gasteiger partial charge in [0.05, 0.1) is 6.10 Å². The third-order valence-corrected chi connectivity index (χ3v) is 3.06. The molecule has 1 heterocycles. The second-order valence-corrected chi connectivity index (χ2v) is 4.46. The molecular formula is C13H20N2O. The highest BCUT2D eigenvalue weighted by Gasteiger charge is 2.14. The van der Waals surface area contributed by atoms with E-state index in [2.05, 4.69) is 17.4 Å². The van der Waals surface area contributed by atoms with Gasteiger partial charge in [-0.1, -0.05) is 12.1 Å². The summed E-state index contributed by atoms with van der Waals surface area (Å²) >= 11 is 0. The van der Waals surface area contributed by atoms with E-state index in [1.807, 2.05) is 13.0 Å². The Hall–Kier alpha value is -1.06. The highest BCUT2D eigenvalue weighted by atomic mass is 16.5. The van der Waals surface area contributed by atoms with E-state index in [4.69, 9.17) is 10.5 Å². The van der Waals surface area contributed by atoms with Crippen LogP contribution in [0.3, 0.4) is 0 Å². The van der Waals surface area contributed by atoms with E-state index in [9.17, 15) is 0 Å². The summed E-state index contributed by atoms with van der Waals surface area (Å²) in [6, 6.07) is 6.18. The number of nitrogens with two attached hydrogens (primary N) is 1. The fourth-order valence-electron chi connectivity index (χ4n) is 2.03. The molecule has 0 aliphatic carbocycles. The fraction of sp³-hybridized carbons (Fsp3) is 0.538. The zero-order chi connectivity index (χ0) is 11.4. The molecule has 2 rings (SSSR count). The van der Waals surface area contributed by atoms with Crippen LogP contribution in [0.4, 0.5) is 5.69 Å². The maximum atomic E-state index is 5.78. The van der Waals surface area contributed by atoms with Crippen LogP contribution in [0.2, 0.25) is 0 Å². The molecule has 1 aliphatic heterocycles. The molecule has 3 N–H and O–H groups in total. The van der Waals surface area contributed by atoms with Crippen LogP contribution in [0.15, 0.2) is 18.2 Å². The smallest absolute Gasteiger partial charge is 0.0700 e. The first-order valence-electron chi connectivity index (χ1n) is 5.93. The van der Waals surface area contributed by atoms with Crippen LogP contribution >= 0.6 is 0 Å². The summed E-state index contributed by atoms with van der Waals surface area (Å²) in [5, 5.41) is 3.42. The topological polar surface area (TPSA) is 47.3 Å². The third-order valence-electron chi connectivity index (χ3n) is 3.06. The van der Waals surface area contributed by atoms with Crippen molar-refractivity contribution in [3.63, 3.8) is 0 Å². The molecule has 3 heteroatoms. The van der Waals surface area contributed by atoms with Crippen molar-refractivity contribution < 1.29 is 4.74 Å². The lowest BCUT2D eigenvalue weighted by atomic mass is 10.1. The highest BCUT2D eigenvalue weighted by Crippen LogP contribution is 2.13. The Morgan fingerprint density at radius 1 is 1.50 bits per heavy atom. The number of benzene rings is 1. The highest BCUT2D eigenvalue weighted by molar-refractivity contribution is 5.47. The van der Waals surface area contributed by atoms with Crippen LogP contribution in [0, 0.1) is 6.92 Å². The van der Waals surface area contributed by atoms with E-state index in [-0.39, 0.29) is 0 Å². The van der Waals surface area contributed by atoms with Gasteiger partial charge in [-0.3, -0.25) is 0 Å². The van der Waals surface area contributed by atoms with Crippen molar-refractivity contribution in [2.24, 2.45) is 0 Å². The number of rotatable bonds is 4. The minimum atomic E-state index is 0.412. The first kappa shape index (κ1) is 11.4. The van der Waals surface area contributed by atoms with Gasteiger partial charge in [-0.2, -0.15) is 0 Å². The summed E-state index contributed by atoms with van der Waals surface area (Å²) in [5.41, 5.74) is 9.07. The Kier molecular flexibility index (Phi) is 3.80. The second kappa shape index (κ2) is 5.32. The summed E-state index contributed by atoms with van der Waals surface area (Å²) in [4.78, 5) is 0. The van der Waals surface area contributed by atoms with E-state index < -0.39 is 0 Å². The minimum Gasteiger partial charge on any atom is -0.399 e. The normalized spacial score (nSPS) is 20.2. The van der Waals surface area contributed by atoms with Gasteiger partial charge in [0.25, 0.3) is 0 Å². The lowest BCUT2D eigenvalue weighted by Gasteiger charge is -2.11. The van der Waals surface area contributed by atoms with Crippen molar-refractivity contribution in [3.05, 3.63) is 29.3 Å². The third kappa shape index (κ3) is 2.97. The lowest BCUT2D eigenvalue weighted by molar-refractivity contribution is 0.110. The second-order valence-electron chi connectivity index (χ2n) is 4.46. The molecule has 3 nitrogen and oxygen atoms in total. The number of aryl methyl sites for hydroxylation is 1. The summed E-state index contributed by atoms with van der Waals surface area (Å²) in [5.74, 6) is 0. The molecule has 1 aliphatic rings. The van der Waals surface area contributed by atoms with Crippen LogP contribution in [-0.2, 0) is 11.3 Å². The van der Waals surface area contributed by atoms with Crippen LogP contribution in [-0.4, -0.2) is 19.3 Å². The number of nitrogen functional groups attached to an aromatic ring is 1. The van der Waals surface area contributed by atoms with Gasteiger partial charge in [0.15, 0.2) is 0 Å². The minimum absolute atomic E-state index is 0.412. The first-order chi connectivity index (χ1) is 7.75. The Bertz CT molecular complexity index is 346. The molecule has 0 bridgehead atoms. The molecule has 1 atom stereocenters. The van der Waals surface area contributed by atoms with Crippen LogP contribution in [0.5, 0.6) is 0 Å². The van der Waals surface area contributed by atoms with Crippen LogP contribution < -0.4 is 11.1 Å². The average Bonchev–Trinajstić information content (AvgIpc) is 2.76. The molecule has 1 aromatic carbocycles. The van der Waals surface area contributed by atoms with E-state index in [1.165, 1.54) is 18.4 Å². The van der Waals surface area contributed by atoms with Gasteiger partial charge in [-0.15, -0.1) is 0 Å². The monoisotopic (exact) mass is 220 g/mol. The molecule has 0 amide bonds. The Labute approximate surface area is 97.0 Å². The summed E-state index contributed by atoms with van der Waals surface area (Å²) in [7, 11) is 0. The van der Waals surface area contributed by atoms with E-state index in [1.54, 1.807) is 0 Å². The molecule has 1 unspecified atom stereocenters. The fourth-order valence-corrected chi connectivity index (χ4v) is 2.03. The van der Waals surface area contributed by atoms with Crippen molar-refractivity contribution >= 4 is 5.69 Å². The molecule has 0 aromatic heterocycles. The van der Waals surface area contributed by atoms with Crippen molar-refractivity contribution in [2.45, 2.75) is 32.4 Å². The van der Waals surface area contributed by atoms with E-state index in [0.29, 0.717) is 6.10 Å². The molecule has 0 spiro atoms. The maximum Gasteiger partial charge on any atom is 0.0700 e. The number of hydrogen-bond donors (Lipinski definition) is 2. The molecule has 0 radical (unpaired) electrons. The lowest BCUT2D eigenvalue weighted by Crippen LogP contribution is -2.25. The van der Waals surface area contributed by atoms with Crippen molar-refractivity contribution in [1.29, 1.82) is 0 Å². The van der Waals surface area contributed by atoms with Gasteiger partial charge in [0, 0.05) is 25.4 Å². The first-order valence-corrected chi connectivity index (χ1v) is 5.93. The molecule has 16 heavy (non-hydrogen) atoms. The molecule has 1 saturated heterocycles. The quantitative estimate of drug-likeness (QED) is 0.761. The number of hydrogen-bond acceptors (Lipinski definition) is 3. The standard InChI is InChI=1S/C13H20N2O/c1-10-7-11(4-5-13(10)14)8-15-9-12-3-2-6-16-12/h4-5,7,12,15H,2-3,6,8-9,14H2,1H3.